The Kier molecular flexibility index (Phi) is 7.32. The highest BCUT2D eigenvalue weighted by Gasteiger charge is 2.10. The number of aromatic nitrogens is 3. The predicted molar refractivity (Wildman–Crippen MR) is 119 cm³/mol. The third-order valence-electron chi connectivity index (χ3n) is 4.17. The molecule has 0 spiro atoms. The number of oxazole rings is 1. The first-order chi connectivity index (χ1) is 15.9. The number of nitrogens with zero attached hydrogens (tertiary/aromatic N) is 2. The summed E-state index contributed by atoms with van der Waals surface area (Å²) in [7, 11) is 0. The molecular weight excluding hydrogens is 435 g/mol. The fourth-order valence-electron chi connectivity index (χ4n) is 2.78. The van der Waals surface area contributed by atoms with Crippen molar-refractivity contribution in [1.29, 1.82) is 0 Å². The number of fused-ring (bicyclic) bond motifs is 1. The number of carbonyl (C=O) groups excluding carboxylic acids is 1. The summed E-state index contributed by atoms with van der Waals surface area (Å²) < 4.78 is 19.1. The van der Waals surface area contributed by atoms with Crippen LogP contribution in [-0.4, -0.2) is 39.0 Å². The number of anilines is 4. The van der Waals surface area contributed by atoms with Gasteiger partial charge in [-0.3, -0.25) is 14.6 Å². The lowest BCUT2D eigenvalue weighted by Crippen LogP contribution is -2.22. The minimum absolute atomic E-state index is 0.0448. The largest absolute Gasteiger partial charge is 0.483 e. The molecule has 0 saturated carbocycles. The van der Waals surface area contributed by atoms with Crippen LogP contribution in [0.25, 0.3) is 11.1 Å². The van der Waals surface area contributed by atoms with E-state index in [0.29, 0.717) is 34.6 Å². The predicted octanol–water partition coefficient (Wildman–Crippen LogP) is 2.99. The summed E-state index contributed by atoms with van der Waals surface area (Å²) in [4.78, 5) is 42.1. The van der Waals surface area contributed by atoms with Crippen LogP contribution in [0, 0.1) is 5.82 Å². The number of halogens is 1. The molecule has 0 saturated heterocycles. The Morgan fingerprint density at radius 1 is 1.18 bits per heavy atom. The molecule has 11 nitrogen and oxygen atoms in total. The Morgan fingerprint density at radius 3 is 2.58 bits per heavy atom. The number of hydrogen-bond acceptors (Lipinski definition) is 8. The number of hydrogen-bond donors (Lipinski definition) is 5. The number of carbonyl (C=O) groups is 2. The van der Waals surface area contributed by atoms with E-state index < -0.39 is 11.6 Å². The fourth-order valence-corrected chi connectivity index (χ4v) is 2.78. The molecule has 0 aliphatic carbocycles. The third-order valence-corrected chi connectivity index (χ3v) is 4.17. The number of carboxylic acid groups (broad SMARTS) is 1. The summed E-state index contributed by atoms with van der Waals surface area (Å²) in [6.45, 7) is 2.14. The fraction of sp³-hybridized carbons (Fsp3) is 0.0952. The second-order valence-electron chi connectivity index (χ2n) is 6.41. The van der Waals surface area contributed by atoms with Crippen LogP contribution in [0.15, 0.2) is 57.9 Å². The highest BCUT2D eigenvalue weighted by atomic mass is 19.1. The first-order valence-corrected chi connectivity index (χ1v) is 9.59. The molecular formula is C21H19FN6O5. The number of nitrogens with one attached hydrogen (secondary N) is 4. The summed E-state index contributed by atoms with van der Waals surface area (Å²) in [6, 6.07) is 11.6. The maximum absolute atomic E-state index is 14.2. The van der Waals surface area contributed by atoms with Crippen molar-refractivity contribution in [2.24, 2.45) is 0 Å². The Labute approximate surface area is 185 Å². The Balaban J connectivity index is 0.000000968. The molecule has 2 aromatic carbocycles. The van der Waals surface area contributed by atoms with Gasteiger partial charge >= 0.3 is 5.76 Å². The van der Waals surface area contributed by atoms with Gasteiger partial charge in [0.25, 0.3) is 12.4 Å². The summed E-state index contributed by atoms with van der Waals surface area (Å²) >= 11 is 0. The van der Waals surface area contributed by atoms with Crippen LogP contribution in [0.5, 0.6) is 0 Å². The minimum Gasteiger partial charge on any atom is -0.483 e. The number of benzene rings is 2. The number of aromatic amines is 1. The first kappa shape index (κ1) is 22.9. The highest BCUT2D eigenvalue weighted by molar-refractivity contribution is 5.94. The van der Waals surface area contributed by atoms with E-state index in [2.05, 4.69) is 30.9 Å². The average Bonchev–Trinajstić information content (AvgIpc) is 3.16. The van der Waals surface area contributed by atoms with Gasteiger partial charge in [0.2, 0.25) is 5.95 Å². The van der Waals surface area contributed by atoms with Crippen LogP contribution >= 0.6 is 0 Å². The lowest BCUT2D eigenvalue weighted by molar-refractivity contribution is -0.122. The Bertz CT molecular complexity index is 1320. The molecule has 0 atom stereocenters. The smallest absolute Gasteiger partial charge is 0.417 e. The molecule has 170 valence electrons. The maximum Gasteiger partial charge on any atom is 0.417 e. The minimum atomic E-state index is -0.645. The zero-order valence-corrected chi connectivity index (χ0v) is 17.3. The summed E-state index contributed by atoms with van der Waals surface area (Å²) in [5.41, 5.74) is 2.54. The van der Waals surface area contributed by atoms with E-state index in [9.17, 15) is 14.0 Å². The van der Waals surface area contributed by atoms with E-state index in [4.69, 9.17) is 14.3 Å². The molecule has 4 aromatic rings. The van der Waals surface area contributed by atoms with Crippen LogP contribution in [0.2, 0.25) is 0 Å². The molecule has 4 rings (SSSR count). The van der Waals surface area contributed by atoms with Gasteiger partial charge in [-0.05, 0) is 49.4 Å². The van der Waals surface area contributed by atoms with E-state index in [-0.39, 0.29) is 24.1 Å². The SMILES string of the molecule is CCNC(=O)c1ccc(Nc2ncc(F)c(Nc3ccc4oc(=O)[nH]c4c3)n2)cc1.O=CO. The molecule has 33 heavy (non-hydrogen) atoms. The number of rotatable bonds is 6. The van der Waals surface area contributed by atoms with Crippen molar-refractivity contribution in [2.45, 2.75) is 6.92 Å². The zero-order chi connectivity index (χ0) is 23.8. The number of H-pyrrole nitrogens is 1. The van der Waals surface area contributed by atoms with Crippen molar-refractivity contribution >= 4 is 46.6 Å². The second-order valence-corrected chi connectivity index (χ2v) is 6.41. The van der Waals surface area contributed by atoms with Crippen LogP contribution in [0.1, 0.15) is 17.3 Å². The lowest BCUT2D eigenvalue weighted by atomic mass is 10.2. The molecule has 0 aliphatic rings. The standard InChI is InChI=1S/C20H17FN6O3.CH2O2/c1-2-22-18(28)11-3-5-12(6-4-11)25-19-23-10-14(21)17(27-19)24-13-7-8-16-15(9-13)26-20(29)30-16;2-1-3/h3-10H,2H2,1H3,(H,22,28)(H,26,29)(H2,23,24,25,27);1H,(H,2,3). The third kappa shape index (κ3) is 5.91. The topological polar surface area (TPSA) is 162 Å². The van der Waals surface area contributed by atoms with Crippen molar-refractivity contribution in [2.75, 3.05) is 17.2 Å². The molecule has 0 bridgehead atoms. The van der Waals surface area contributed by atoms with Crippen LogP contribution in [-0.2, 0) is 4.79 Å². The van der Waals surface area contributed by atoms with Gasteiger partial charge in [-0.1, -0.05) is 0 Å². The first-order valence-electron chi connectivity index (χ1n) is 9.59. The summed E-state index contributed by atoms with van der Waals surface area (Å²) in [6.07, 6.45) is 1.04. The second kappa shape index (κ2) is 10.5. The molecule has 0 fully saturated rings. The van der Waals surface area contributed by atoms with Gasteiger partial charge in [0, 0.05) is 23.5 Å². The molecule has 2 heterocycles. The number of amides is 1. The zero-order valence-electron chi connectivity index (χ0n) is 17.3. The Hall–Kier alpha value is -4.74. The molecule has 0 aliphatic heterocycles. The summed E-state index contributed by atoms with van der Waals surface area (Å²) in [5.74, 6) is -1.25. The highest BCUT2D eigenvalue weighted by Crippen LogP contribution is 2.23. The van der Waals surface area contributed by atoms with Crippen LogP contribution in [0.4, 0.5) is 27.5 Å². The van der Waals surface area contributed by atoms with E-state index in [1.54, 1.807) is 42.5 Å². The van der Waals surface area contributed by atoms with E-state index in [0.717, 1.165) is 6.20 Å². The quantitative estimate of drug-likeness (QED) is 0.276. The molecule has 2 aromatic heterocycles. The summed E-state index contributed by atoms with van der Waals surface area (Å²) in [5, 5.41) is 15.4. The molecule has 1 amide bonds. The average molecular weight is 454 g/mol. The molecule has 12 heteroatoms. The molecule has 5 N–H and O–H groups in total. The van der Waals surface area contributed by atoms with Gasteiger partial charge in [-0.25, -0.2) is 14.2 Å². The van der Waals surface area contributed by atoms with Gasteiger partial charge in [0.15, 0.2) is 17.2 Å². The van der Waals surface area contributed by atoms with Crippen molar-refractivity contribution in [3.8, 4) is 0 Å². The van der Waals surface area contributed by atoms with Gasteiger partial charge in [-0.2, -0.15) is 4.98 Å². The van der Waals surface area contributed by atoms with Crippen LogP contribution < -0.4 is 21.7 Å². The molecule has 0 radical (unpaired) electrons. The van der Waals surface area contributed by atoms with Crippen molar-refractivity contribution in [3.63, 3.8) is 0 Å². The van der Waals surface area contributed by atoms with Crippen molar-refractivity contribution < 1.29 is 23.5 Å². The van der Waals surface area contributed by atoms with Gasteiger partial charge < -0.3 is 25.5 Å². The van der Waals surface area contributed by atoms with Gasteiger partial charge in [0.1, 0.15) is 0 Å². The normalized spacial score (nSPS) is 10.1. The Morgan fingerprint density at radius 2 is 1.88 bits per heavy atom. The van der Waals surface area contributed by atoms with Crippen molar-refractivity contribution in [3.05, 3.63) is 70.6 Å². The molecule has 0 unspecified atom stereocenters. The van der Waals surface area contributed by atoms with E-state index in [1.807, 2.05) is 6.92 Å². The van der Waals surface area contributed by atoms with E-state index in [1.165, 1.54) is 0 Å². The maximum atomic E-state index is 14.2. The van der Waals surface area contributed by atoms with Gasteiger partial charge in [-0.15, -0.1) is 0 Å². The van der Waals surface area contributed by atoms with E-state index >= 15 is 0 Å². The monoisotopic (exact) mass is 454 g/mol. The van der Waals surface area contributed by atoms with Gasteiger partial charge in [0.05, 0.1) is 11.7 Å². The van der Waals surface area contributed by atoms with Crippen molar-refractivity contribution in [1.82, 2.24) is 20.3 Å². The van der Waals surface area contributed by atoms with Crippen LogP contribution in [0.3, 0.4) is 0 Å². The lowest BCUT2D eigenvalue weighted by Gasteiger charge is -2.10.